The topological polar surface area (TPSA) is 66.1 Å². The number of nitrogens with zero attached hydrogens (tertiary/aromatic N) is 3. The van der Waals surface area contributed by atoms with E-state index in [9.17, 15) is 4.39 Å². The van der Waals surface area contributed by atoms with Crippen molar-refractivity contribution in [3.63, 3.8) is 0 Å². The molecular weight excluding hydrogens is 345 g/mol. The van der Waals surface area contributed by atoms with E-state index in [4.69, 9.17) is 10.5 Å². The second-order valence-corrected chi connectivity index (χ2v) is 7.25. The lowest BCUT2D eigenvalue weighted by Gasteiger charge is -2.34. The van der Waals surface area contributed by atoms with E-state index in [-0.39, 0.29) is 11.9 Å². The highest BCUT2D eigenvalue weighted by Gasteiger charge is 2.24. The van der Waals surface area contributed by atoms with Gasteiger partial charge in [0.1, 0.15) is 5.82 Å². The summed E-state index contributed by atoms with van der Waals surface area (Å²) in [6.45, 7) is 8.78. The molecule has 0 radical (unpaired) electrons. The third-order valence-corrected chi connectivity index (χ3v) is 5.58. The normalized spacial score (nSPS) is 23.5. The van der Waals surface area contributed by atoms with Crippen molar-refractivity contribution in [3.05, 3.63) is 35.6 Å². The number of benzene rings is 1. The molecule has 1 aromatic carbocycles. The molecule has 0 bridgehead atoms. The first kappa shape index (κ1) is 20.0. The monoisotopic (exact) mass is 377 g/mol. The molecule has 0 aromatic heterocycles. The molecule has 2 aliphatic rings. The summed E-state index contributed by atoms with van der Waals surface area (Å²) in [5, 5.41) is 3.28. The summed E-state index contributed by atoms with van der Waals surface area (Å²) in [6, 6.07) is 7.31. The molecular formula is C20H32FN5O. The van der Waals surface area contributed by atoms with Gasteiger partial charge in [-0.15, -0.1) is 0 Å². The van der Waals surface area contributed by atoms with Crippen LogP contribution in [-0.2, 0) is 4.74 Å². The molecule has 0 aliphatic carbocycles. The van der Waals surface area contributed by atoms with Crippen LogP contribution in [0.1, 0.15) is 31.4 Å². The highest BCUT2D eigenvalue weighted by molar-refractivity contribution is 5.77. The van der Waals surface area contributed by atoms with Crippen LogP contribution >= 0.6 is 0 Å². The van der Waals surface area contributed by atoms with E-state index in [2.05, 4.69) is 27.0 Å². The average molecular weight is 378 g/mol. The van der Waals surface area contributed by atoms with Crippen molar-refractivity contribution >= 4 is 5.96 Å². The number of hydrogen-bond acceptors (Lipinski definition) is 4. The SMILES string of the molecule is CCN1CCCC1CNC(N)=NCC(c1cccc(F)c1)N1CCOCC1. The summed E-state index contributed by atoms with van der Waals surface area (Å²) in [5.74, 6) is 0.245. The van der Waals surface area contributed by atoms with Crippen molar-refractivity contribution in [3.8, 4) is 0 Å². The van der Waals surface area contributed by atoms with Gasteiger partial charge in [0.05, 0.1) is 25.8 Å². The Morgan fingerprint density at radius 3 is 2.93 bits per heavy atom. The van der Waals surface area contributed by atoms with E-state index in [1.807, 2.05) is 6.07 Å². The number of guanidine groups is 1. The molecule has 2 atom stereocenters. The molecule has 0 saturated carbocycles. The minimum absolute atomic E-state index is 0.00331. The fraction of sp³-hybridized carbons (Fsp3) is 0.650. The second-order valence-electron chi connectivity index (χ2n) is 7.25. The quantitative estimate of drug-likeness (QED) is 0.558. The molecule has 3 rings (SSSR count). The van der Waals surface area contributed by atoms with E-state index in [0.29, 0.717) is 31.8 Å². The minimum atomic E-state index is -0.221. The molecule has 0 spiro atoms. The number of nitrogens with two attached hydrogens (primary N) is 1. The molecule has 3 N–H and O–H groups in total. The number of ether oxygens (including phenoxy) is 1. The average Bonchev–Trinajstić information content (AvgIpc) is 3.15. The standard InChI is InChI=1S/C20H32FN5O/c1-2-25-8-4-7-18(25)14-23-20(22)24-15-19(26-9-11-27-12-10-26)16-5-3-6-17(21)13-16/h3,5-6,13,18-19H,2,4,7-12,14-15H2,1H3,(H3,22,23,24). The van der Waals surface area contributed by atoms with Crippen molar-refractivity contribution in [1.29, 1.82) is 0 Å². The summed E-state index contributed by atoms with van der Waals surface area (Å²) < 4.78 is 19.2. The van der Waals surface area contributed by atoms with Crippen molar-refractivity contribution < 1.29 is 9.13 Å². The van der Waals surface area contributed by atoms with E-state index in [1.54, 1.807) is 12.1 Å². The number of morpholine rings is 1. The fourth-order valence-electron chi connectivity index (χ4n) is 4.04. The zero-order valence-electron chi connectivity index (χ0n) is 16.2. The molecule has 2 heterocycles. The van der Waals surface area contributed by atoms with Gasteiger partial charge in [-0.25, -0.2) is 4.39 Å². The van der Waals surface area contributed by atoms with Gasteiger partial charge in [-0.1, -0.05) is 19.1 Å². The number of likely N-dealkylation sites (N-methyl/N-ethyl adjacent to an activating group) is 1. The highest BCUT2D eigenvalue weighted by Crippen LogP contribution is 2.23. The van der Waals surface area contributed by atoms with Gasteiger partial charge in [0, 0.05) is 25.7 Å². The van der Waals surface area contributed by atoms with E-state index < -0.39 is 0 Å². The van der Waals surface area contributed by atoms with Gasteiger partial charge >= 0.3 is 0 Å². The Morgan fingerprint density at radius 2 is 2.19 bits per heavy atom. The maximum atomic E-state index is 13.7. The van der Waals surface area contributed by atoms with Crippen LogP contribution in [0.3, 0.4) is 0 Å². The summed E-state index contributed by atoms with van der Waals surface area (Å²) in [6.07, 6.45) is 2.45. The Morgan fingerprint density at radius 1 is 1.37 bits per heavy atom. The maximum Gasteiger partial charge on any atom is 0.188 e. The van der Waals surface area contributed by atoms with Crippen LogP contribution in [0.5, 0.6) is 0 Å². The van der Waals surface area contributed by atoms with Gasteiger partial charge in [-0.3, -0.25) is 14.8 Å². The fourth-order valence-corrected chi connectivity index (χ4v) is 4.04. The molecule has 7 heteroatoms. The lowest BCUT2D eigenvalue weighted by atomic mass is 10.0. The molecule has 2 unspecified atom stereocenters. The first-order chi connectivity index (χ1) is 13.2. The van der Waals surface area contributed by atoms with E-state index >= 15 is 0 Å². The van der Waals surface area contributed by atoms with Crippen LogP contribution in [0, 0.1) is 5.82 Å². The van der Waals surface area contributed by atoms with Gasteiger partial charge in [0.15, 0.2) is 5.96 Å². The van der Waals surface area contributed by atoms with E-state index in [0.717, 1.165) is 31.7 Å². The van der Waals surface area contributed by atoms with Crippen LogP contribution in [-0.4, -0.2) is 74.3 Å². The van der Waals surface area contributed by atoms with Gasteiger partial charge in [0.2, 0.25) is 0 Å². The zero-order valence-corrected chi connectivity index (χ0v) is 16.2. The van der Waals surface area contributed by atoms with Crippen LogP contribution in [0.2, 0.25) is 0 Å². The van der Waals surface area contributed by atoms with Crippen LogP contribution in [0.15, 0.2) is 29.3 Å². The van der Waals surface area contributed by atoms with Gasteiger partial charge < -0.3 is 15.8 Å². The third-order valence-electron chi connectivity index (χ3n) is 5.58. The smallest absolute Gasteiger partial charge is 0.188 e. The Kier molecular flexibility index (Phi) is 7.43. The number of rotatable bonds is 7. The molecule has 150 valence electrons. The highest BCUT2D eigenvalue weighted by atomic mass is 19.1. The summed E-state index contributed by atoms with van der Waals surface area (Å²) in [5.41, 5.74) is 7.06. The maximum absolute atomic E-state index is 13.7. The van der Waals surface area contributed by atoms with Gasteiger partial charge in [-0.2, -0.15) is 0 Å². The Bertz CT molecular complexity index is 620. The zero-order chi connectivity index (χ0) is 19.1. The van der Waals surface area contributed by atoms with E-state index in [1.165, 1.54) is 25.5 Å². The lowest BCUT2D eigenvalue weighted by molar-refractivity contribution is 0.0179. The van der Waals surface area contributed by atoms with Crippen LogP contribution in [0.25, 0.3) is 0 Å². The van der Waals surface area contributed by atoms with Crippen molar-refractivity contribution in [2.24, 2.45) is 10.7 Å². The molecule has 6 nitrogen and oxygen atoms in total. The Labute approximate surface area is 161 Å². The van der Waals surface area contributed by atoms with Crippen LogP contribution in [0.4, 0.5) is 4.39 Å². The van der Waals surface area contributed by atoms with Crippen molar-refractivity contribution in [2.45, 2.75) is 31.8 Å². The number of likely N-dealkylation sites (tertiary alicyclic amines) is 1. The number of nitrogens with one attached hydrogen (secondary N) is 1. The first-order valence-corrected chi connectivity index (χ1v) is 10.0. The predicted molar refractivity (Wildman–Crippen MR) is 106 cm³/mol. The molecule has 0 amide bonds. The third kappa shape index (κ3) is 5.64. The first-order valence-electron chi connectivity index (χ1n) is 10.0. The molecule has 2 fully saturated rings. The molecule has 2 aliphatic heterocycles. The van der Waals surface area contributed by atoms with Crippen molar-refractivity contribution in [1.82, 2.24) is 15.1 Å². The summed E-state index contributed by atoms with van der Waals surface area (Å²) >= 11 is 0. The molecule has 2 saturated heterocycles. The van der Waals surface area contributed by atoms with Crippen LogP contribution < -0.4 is 11.1 Å². The predicted octanol–water partition coefficient (Wildman–Crippen LogP) is 1.59. The number of halogens is 1. The van der Waals surface area contributed by atoms with Gasteiger partial charge in [0.25, 0.3) is 0 Å². The van der Waals surface area contributed by atoms with Crippen molar-refractivity contribution in [2.75, 3.05) is 52.5 Å². The molecule has 27 heavy (non-hydrogen) atoms. The number of hydrogen-bond donors (Lipinski definition) is 2. The minimum Gasteiger partial charge on any atom is -0.379 e. The summed E-state index contributed by atoms with van der Waals surface area (Å²) in [4.78, 5) is 9.35. The second kappa shape index (κ2) is 10.0. The summed E-state index contributed by atoms with van der Waals surface area (Å²) in [7, 11) is 0. The lowest BCUT2D eigenvalue weighted by Crippen LogP contribution is -2.43. The largest absolute Gasteiger partial charge is 0.379 e. The van der Waals surface area contributed by atoms with Gasteiger partial charge in [-0.05, 0) is 43.6 Å². The molecule has 1 aromatic rings. The Hall–Kier alpha value is -1.70. The Balaban J connectivity index is 1.61. The number of aliphatic imine (C=N–C) groups is 1.